The van der Waals surface area contributed by atoms with Crippen LogP contribution in [0.2, 0.25) is 0 Å². The van der Waals surface area contributed by atoms with Crippen LogP contribution in [0.5, 0.6) is 11.5 Å². The maximum absolute atomic E-state index is 13.0. The molecule has 0 aliphatic heterocycles. The molecule has 1 N–H and O–H groups in total. The lowest BCUT2D eigenvalue weighted by Gasteiger charge is -2.19. The summed E-state index contributed by atoms with van der Waals surface area (Å²) < 4.78 is 61.7. The number of benzene rings is 3. The molecule has 0 amide bonds. The molecular formula is C24H25NO8S2. The van der Waals surface area contributed by atoms with Crippen LogP contribution in [0.15, 0.2) is 76.5 Å². The van der Waals surface area contributed by atoms with E-state index in [0.717, 1.165) is 6.26 Å². The second-order valence-electron chi connectivity index (χ2n) is 7.75. The number of sulfonamides is 1. The first-order chi connectivity index (χ1) is 16.4. The molecule has 186 valence electrons. The third-order valence-corrected chi connectivity index (χ3v) is 8.07. The molecule has 0 radical (unpaired) electrons. The van der Waals surface area contributed by atoms with Crippen LogP contribution >= 0.6 is 0 Å². The molecule has 0 aromatic heterocycles. The molecule has 0 aliphatic rings. The monoisotopic (exact) mass is 519 g/mol. The van der Waals surface area contributed by atoms with E-state index in [1.54, 1.807) is 36.4 Å². The minimum absolute atomic E-state index is 0.00629. The average Bonchev–Trinajstić information content (AvgIpc) is 2.82. The van der Waals surface area contributed by atoms with Gasteiger partial charge in [0.1, 0.15) is 11.5 Å². The van der Waals surface area contributed by atoms with Crippen molar-refractivity contribution in [2.24, 2.45) is 0 Å². The molecule has 3 aromatic rings. The van der Waals surface area contributed by atoms with Gasteiger partial charge in [0.2, 0.25) is 10.0 Å². The van der Waals surface area contributed by atoms with Crippen molar-refractivity contribution in [3.63, 3.8) is 0 Å². The summed E-state index contributed by atoms with van der Waals surface area (Å²) in [5.74, 6) is -0.415. The van der Waals surface area contributed by atoms with Crippen molar-refractivity contribution in [3.8, 4) is 22.6 Å². The van der Waals surface area contributed by atoms with Crippen LogP contribution in [-0.4, -0.2) is 59.2 Å². The Bertz CT molecular complexity index is 1430. The quantitative estimate of drug-likeness (QED) is 0.433. The van der Waals surface area contributed by atoms with E-state index in [4.69, 9.17) is 14.6 Å². The maximum Gasteiger partial charge on any atom is 0.341 e. The summed E-state index contributed by atoms with van der Waals surface area (Å²) in [5, 5.41) is 9.01. The number of aliphatic carboxylic acids is 1. The number of carboxylic acids is 1. The van der Waals surface area contributed by atoms with Gasteiger partial charge < -0.3 is 14.6 Å². The third-order valence-electron chi connectivity index (χ3n) is 5.14. The van der Waals surface area contributed by atoms with E-state index >= 15 is 0 Å². The summed E-state index contributed by atoms with van der Waals surface area (Å²) in [6.45, 7) is -0.587. The van der Waals surface area contributed by atoms with Crippen LogP contribution < -0.4 is 9.47 Å². The third kappa shape index (κ3) is 6.38. The Balaban J connectivity index is 1.98. The highest BCUT2D eigenvalue weighted by Gasteiger charge is 2.22. The van der Waals surface area contributed by atoms with Gasteiger partial charge in [0, 0.05) is 25.4 Å². The van der Waals surface area contributed by atoms with Crippen LogP contribution in [0, 0.1) is 0 Å². The molecule has 11 heteroatoms. The number of rotatable bonds is 10. The van der Waals surface area contributed by atoms with Crippen molar-refractivity contribution >= 4 is 25.8 Å². The van der Waals surface area contributed by atoms with Gasteiger partial charge in [0.15, 0.2) is 16.4 Å². The van der Waals surface area contributed by atoms with Gasteiger partial charge in [0.25, 0.3) is 0 Å². The molecule has 35 heavy (non-hydrogen) atoms. The lowest BCUT2D eigenvalue weighted by Crippen LogP contribution is -2.26. The number of ether oxygens (including phenoxy) is 2. The van der Waals surface area contributed by atoms with Gasteiger partial charge in [0.05, 0.1) is 16.9 Å². The van der Waals surface area contributed by atoms with Crippen LogP contribution in [0.25, 0.3) is 11.1 Å². The van der Waals surface area contributed by atoms with E-state index in [1.165, 1.54) is 48.8 Å². The van der Waals surface area contributed by atoms with E-state index in [1.807, 2.05) is 0 Å². The Morgan fingerprint density at radius 2 is 1.63 bits per heavy atom. The van der Waals surface area contributed by atoms with Crippen LogP contribution in [0.3, 0.4) is 0 Å². The van der Waals surface area contributed by atoms with Gasteiger partial charge in [-0.1, -0.05) is 18.2 Å². The summed E-state index contributed by atoms with van der Waals surface area (Å²) in [4.78, 5) is 11.2. The number of nitrogens with zero attached hydrogens (tertiary/aromatic N) is 1. The molecule has 0 atom stereocenters. The van der Waals surface area contributed by atoms with Crippen molar-refractivity contribution in [3.05, 3.63) is 72.3 Å². The number of hydrogen-bond donors (Lipinski definition) is 1. The minimum Gasteiger partial charge on any atom is -0.497 e. The number of carbonyl (C=O) groups is 1. The molecule has 3 aromatic carbocycles. The fourth-order valence-corrected chi connectivity index (χ4v) is 5.16. The van der Waals surface area contributed by atoms with Gasteiger partial charge in [-0.3, -0.25) is 0 Å². The highest BCUT2D eigenvalue weighted by atomic mass is 32.2. The molecule has 0 saturated heterocycles. The molecule has 3 rings (SSSR count). The highest BCUT2D eigenvalue weighted by molar-refractivity contribution is 7.90. The van der Waals surface area contributed by atoms with E-state index < -0.39 is 32.4 Å². The Labute approximate surface area is 204 Å². The topological polar surface area (TPSA) is 127 Å². The van der Waals surface area contributed by atoms with E-state index in [0.29, 0.717) is 22.4 Å². The number of methoxy groups -OCH3 is 1. The lowest BCUT2D eigenvalue weighted by molar-refractivity contribution is -0.139. The molecule has 0 saturated carbocycles. The molecule has 0 heterocycles. The van der Waals surface area contributed by atoms with Crippen molar-refractivity contribution in [1.29, 1.82) is 0 Å². The average molecular weight is 520 g/mol. The molecule has 0 aliphatic carbocycles. The maximum atomic E-state index is 13.0. The number of hydrogen-bond acceptors (Lipinski definition) is 7. The zero-order valence-electron chi connectivity index (χ0n) is 19.3. The summed E-state index contributed by atoms with van der Waals surface area (Å²) in [6, 6.07) is 17.0. The van der Waals surface area contributed by atoms with Crippen LogP contribution in [0.1, 0.15) is 5.56 Å². The van der Waals surface area contributed by atoms with Gasteiger partial charge in [-0.05, 0) is 59.7 Å². The Morgan fingerprint density at radius 1 is 0.943 bits per heavy atom. The summed E-state index contributed by atoms with van der Waals surface area (Å²) in [7, 11) is -4.36. The first-order valence-electron chi connectivity index (χ1n) is 10.3. The molecular weight excluding hydrogens is 494 g/mol. The second kappa shape index (κ2) is 10.5. The van der Waals surface area contributed by atoms with Crippen molar-refractivity contribution < 1.29 is 36.2 Å². The van der Waals surface area contributed by atoms with E-state index in [-0.39, 0.29) is 22.1 Å². The summed E-state index contributed by atoms with van der Waals surface area (Å²) >= 11 is 0. The lowest BCUT2D eigenvalue weighted by atomic mass is 10.0. The predicted molar refractivity (Wildman–Crippen MR) is 130 cm³/mol. The van der Waals surface area contributed by atoms with Crippen molar-refractivity contribution in [1.82, 2.24) is 4.31 Å². The molecule has 0 fully saturated rings. The first kappa shape index (κ1) is 26.2. The van der Waals surface area contributed by atoms with Gasteiger partial charge in [-0.15, -0.1) is 0 Å². The fraction of sp³-hybridized carbons (Fsp3) is 0.208. The predicted octanol–water partition coefficient (Wildman–Crippen LogP) is 3.05. The van der Waals surface area contributed by atoms with Gasteiger partial charge in [-0.2, -0.15) is 4.31 Å². The molecule has 0 bridgehead atoms. The van der Waals surface area contributed by atoms with E-state index in [9.17, 15) is 21.6 Å². The Morgan fingerprint density at radius 3 is 2.23 bits per heavy atom. The SMILES string of the molecule is COc1ccc(S(=O)(=O)N(C)Cc2ccc(OCC(=O)O)c(-c3cccc(S(C)(=O)=O)c3)c2)cc1. The Hall–Kier alpha value is -3.41. The van der Waals surface area contributed by atoms with Gasteiger partial charge >= 0.3 is 5.97 Å². The van der Waals surface area contributed by atoms with Crippen molar-refractivity contribution in [2.45, 2.75) is 16.3 Å². The van der Waals surface area contributed by atoms with Crippen LogP contribution in [-0.2, 0) is 31.2 Å². The highest BCUT2D eigenvalue weighted by Crippen LogP contribution is 2.33. The van der Waals surface area contributed by atoms with Gasteiger partial charge in [-0.25, -0.2) is 21.6 Å². The second-order valence-corrected chi connectivity index (χ2v) is 11.8. The van der Waals surface area contributed by atoms with E-state index in [2.05, 4.69) is 0 Å². The minimum atomic E-state index is -3.81. The normalized spacial score (nSPS) is 11.9. The smallest absolute Gasteiger partial charge is 0.341 e. The van der Waals surface area contributed by atoms with Crippen molar-refractivity contribution in [2.75, 3.05) is 27.0 Å². The zero-order chi connectivity index (χ0) is 25.8. The van der Waals surface area contributed by atoms with Crippen LogP contribution in [0.4, 0.5) is 0 Å². The summed E-state index contributed by atoms with van der Waals surface area (Å²) in [5.41, 5.74) is 1.51. The number of carboxylic acid groups (broad SMARTS) is 1. The zero-order valence-corrected chi connectivity index (χ0v) is 21.0. The standard InChI is InChI=1S/C24H25NO8S2/c1-25(35(30,31)20-10-8-19(32-2)9-11-20)15-17-7-12-23(33-16-24(26)27)22(13-17)18-5-4-6-21(14-18)34(3,28)29/h4-14H,15-16H2,1-3H3,(H,26,27). The Kier molecular flexibility index (Phi) is 7.83. The molecule has 9 nitrogen and oxygen atoms in total. The fourth-order valence-electron chi connectivity index (χ4n) is 3.33. The largest absolute Gasteiger partial charge is 0.497 e. The summed E-state index contributed by atoms with van der Waals surface area (Å²) in [6.07, 6.45) is 1.09. The molecule has 0 spiro atoms. The molecule has 0 unspecified atom stereocenters. The number of sulfone groups is 1. The first-order valence-corrected chi connectivity index (χ1v) is 13.6.